The predicted molar refractivity (Wildman–Crippen MR) is 59.0 cm³/mol. The van der Waals surface area contributed by atoms with Gasteiger partial charge in [-0.1, -0.05) is 6.92 Å². The Morgan fingerprint density at radius 1 is 1.56 bits per heavy atom. The van der Waals surface area contributed by atoms with Crippen molar-refractivity contribution < 1.29 is 4.79 Å². The maximum Gasteiger partial charge on any atom is 0.288 e. The summed E-state index contributed by atoms with van der Waals surface area (Å²) in [6, 6.07) is 0. The lowest BCUT2D eigenvalue weighted by Crippen LogP contribution is -2.23. The van der Waals surface area contributed by atoms with Crippen LogP contribution in [0.5, 0.6) is 0 Å². The van der Waals surface area contributed by atoms with Crippen molar-refractivity contribution in [2.75, 3.05) is 0 Å². The first kappa shape index (κ1) is 10.7. The molecule has 6 nitrogen and oxygen atoms in total. The van der Waals surface area contributed by atoms with Gasteiger partial charge in [0.1, 0.15) is 11.3 Å². The third kappa shape index (κ3) is 2.43. The topological polar surface area (TPSA) is 83.6 Å². The van der Waals surface area contributed by atoms with E-state index in [1.807, 2.05) is 6.20 Å². The summed E-state index contributed by atoms with van der Waals surface area (Å²) in [6.45, 7) is 2.49. The number of H-pyrrole nitrogens is 1. The third-order valence-corrected chi connectivity index (χ3v) is 3.12. The van der Waals surface area contributed by atoms with Gasteiger partial charge in [0.2, 0.25) is 5.82 Å². The zero-order valence-electron chi connectivity index (χ0n) is 8.73. The molecule has 2 heterocycles. The number of carbonyl (C=O) groups is 1. The molecule has 84 valence electrons. The highest BCUT2D eigenvalue weighted by Gasteiger charge is 2.08. The Morgan fingerprint density at radius 2 is 2.44 bits per heavy atom. The highest BCUT2D eigenvalue weighted by Crippen LogP contribution is 2.12. The standard InChI is InChI=1S/C9H11N5OS/c1-2-6-3-10-7(16-6)4-11-9(15)8-12-5-13-14-8/h3,5H,2,4H2,1H3,(H,11,15)(H,12,13,14). The molecule has 2 aromatic heterocycles. The molecule has 2 rings (SSSR count). The number of aryl methyl sites for hydroxylation is 1. The van der Waals surface area contributed by atoms with Crippen molar-refractivity contribution in [3.05, 3.63) is 28.2 Å². The number of aromatic nitrogens is 4. The van der Waals surface area contributed by atoms with Crippen molar-refractivity contribution in [1.82, 2.24) is 25.5 Å². The number of thiazole rings is 1. The van der Waals surface area contributed by atoms with Crippen LogP contribution in [-0.4, -0.2) is 26.1 Å². The van der Waals surface area contributed by atoms with Crippen molar-refractivity contribution in [2.45, 2.75) is 19.9 Å². The Balaban J connectivity index is 1.90. The van der Waals surface area contributed by atoms with Crippen LogP contribution in [0.1, 0.15) is 27.4 Å². The van der Waals surface area contributed by atoms with Crippen molar-refractivity contribution in [2.24, 2.45) is 0 Å². The molecule has 0 fully saturated rings. The second kappa shape index (κ2) is 4.84. The van der Waals surface area contributed by atoms with Crippen LogP contribution in [0.3, 0.4) is 0 Å². The molecule has 0 aliphatic heterocycles. The minimum atomic E-state index is -0.272. The van der Waals surface area contributed by atoms with Crippen LogP contribution in [-0.2, 0) is 13.0 Å². The van der Waals surface area contributed by atoms with Crippen LogP contribution < -0.4 is 5.32 Å². The molecule has 0 saturated carbocycles. The molecule has 2 aromatic rings. The van der Waals surface area contributed by atoms with Crippen LogP contribution in [0.2, 0.25) is 0 Å². The zero-order chi connectivity index (χ0) is 11.4. The van der Waals surface area contributed by atoms with Gasteiger partial charge in [-0.05, 0) is 6.42 Å². The van der Waals surface area contributed by atoms with E-state index in [-0.39, 0.29) is 11.7 Å². The van der Waals surface area contributed by atoms with E-state index >= 15 is 0 Å². The molecule has 0 saturated heterocycles. The van der Waals surface area contributed by atoms with Crippen LogP contribution in [0.15, 0.2) is 12.5 Å². The molecule has 0 aromatic carbocycles. The maximum absolute atomic E-state index is 11.5. The summed E-state index contributed by atoms with van der Waals surface area (Å²) in [4.78, 5) is 20.7. The SMILES string of the molecule is CCc1cnc(CNC(=O)c2ncn[nH]2)s1. The van der Waals surface area contributed by atoms with Crippen molar-refractivity contribution in [3.63, 3.8) is 0 Å². The molecular weight excluding hydrogens is 226 g/mol. The van der Waals surface area contributed by atoms with Crippen molar-refractivity contribution in [3.8, 4) is 0 Å². The van der Waals surface area contributed by atoms with Gasteiger partial charge in [0, 0.05) is 11.1 Å². The second-order valence-electron chi connectivity index (χ2n) is 3.09. The predicted octanol–water partition coefficient (Wildman–Crippen LogP) is 0.754. The number of amides is 1. The first-order valence-electron chi connectivity index (χ1n) is 4.86. The fraction of sp³-hybridized carbons (Fsp3) is 0.333. The largest absolute Gasteiger partial charge is 0.343 e. The number of hydrogen-bond donors (Lipinski definition) is 2. The van der Waals surface area contributed by atoms with Gasteiger partial charge >= 0.3 is 0 Å². The van der Waals surface area contributed by atoms with Crippen LogP contribution >= 0.6 is 11.3 Å². The Morgan fingerprint density at radius 3 is 3.06 bits per heavy atom. The summed E-state index contributed by atoms with van der Waals surface area (Å²) in [6.07, 6.45) is 4.10. The monoisotopic (exact) mass is 237 g/mol. The minimum Gasteiger partial charge on any atom is -0.343 e. The van der Waals surface area contributed by atoms with Gasteiger partial charge in [-0.3, -0.25) is 9.89 Å². The van der Waals surface area contributed by atoms with Crippen molar-refractivity contribution in [1.29, 1.82) is 0 Å². The van der Waals surface area contributed by atoms with Gasteiger partial charge in [-0.15, -0.1) is 11.3 Å². The quantitative estimate of drug-likeness (QED) is 0.822. The van der Waals surface area contributed by atoms with E-state index < -0.39 is 0 Å². The molecular formula is C9H11N5OS. The molecule has 16 heavy (non-hydrogen) atoms. The van der Waals surface area contributed by atoms with E-state index in [1.54, 1.807) is 11.3 Å². The molecule has 7 heteroatoms. The van der Waals surface area contributed by atoms with Crippen LogP contribution in [0.4, 0.5) is 0 Å². The van der Waals surface area contributed by atoms with E-state index in [0.717, 1.165) is 11.4 Å². The molecule has 1 amide bonds. The Hall–Kier alpha value is -1.76. The van der Waals surface area contributed by atoms with E-state index in [2.05, 4.69) is 32.4 Å². The van der Waals surface area contributed by atoms with E-state index in [1.165, 1.54) is 11.2 Å². The molecule has 0 aliphatic carbocycles. The van der Waals surface area contributed by atoms with E-state index in [4.69, 9.17) is 0 Å². The van der Waals surface area contributed by atoms with Gasteiger partial charge < -0.3 is 5.32 Å². The second-order valence-corrected chi connectivity index (χ2v) is 4.29. The summed E-state index contributed by atoms with van der Waals surface area (Å²) >= 11 is 1.60. The highest BCUT2D eigenvalue weighted by molar-refractivity contribution is 7.11. The number of aromatic amines is 1. The van der Waals surface area contributed by atoms with E-state index in [9.17, 15) is 4.79 Å². The van der Waals surface area contributed by atoms with Gasteiger partial charge in [-0.2, -0.15) is 5.10 Å². The lowest BCUT2D eigenvalue weighted by molar-refractivity contribution is 0.0941. The normalized spacial score (nSPS) is 10.3. The number of hydrogen-bond acceptors (Lipinski definition) is 5. The lowest BCUT2D eigenvalue weighted by Gasteiger charge is -1.98. The zero-order valence-corrected chi connectivity index (χ0v) is 9.54. The molecule has 0 spiro atoms. The molecule has 0 aliphatic rings. The van der Waals surface area contributed by atoms with Crippen molar-refractivity contribution >= 4 is 17.2 Å². The fourth-order valence-electron chi connectivity index (χ4n) is 1.15. The summed E-state index contributed by atoms with van der Waals surface area (Å²) in [7, 11) is 0. The molecule has 2 N–H and O–H groups in total. The van der Waals surface area contributed by atoms with Crippen LogP contribution in [0.25, 0.3) is 0 Å². The number of carbonyl (C=O) groups excluding carboxylic acids is 1. The molecule has 0 radical (unpaired) electrons. The fourth-order valence-corrected chi connectivity index (χ4v) is 1.95. The molecule has 0 bridgehead atoms. The van der Waals surface area contributed by atoms with Crippen LogP contribution in [0, 0.1) is 0 Å². The highest BCUT2D eigenvalue weighted by atomic mass is 32.1. The summed E-state index contributed by atoms with van der Waals surface area (Å²) in [5.41, 5.74) is 0. The summed E-state index contributed by atoms with van der Waals surface area (Å²) in [5, 5.41) is 9.71. The average molecular weight is 237 g/mol. The molecule has 0 unspecified atom stereocenters. The van der Waals surface area contributed by atoms with Gasteiger partial charge in [0.25, 0.3) is 5.91 Å². The summed E-state index contributed by atoms with van der Waals surface area (Å²) < 4.78 is 0. The number of rotatable bonds is 4. The Labute approximate surface area is 96.1 Å². The first-order chi connectivity index (χ1) is 7.79. The minimum absolute atomic E-state index is 0.215. The van der Waals surface area contributed by atoms with Gasteiger partial charge in [0.05, 0.1) is 6.54 Å². The third-order valence-electron chi connectivity index (χ3n) is 1.98. The summed E-state index contributed by atoms with van der Waals surface area (Å²) in [5.74, 6) is -0.0574. The van der Waals surface area contributed by atoms with Gasteiger partial charge in [0.15, 0.2) is 0 Å². The number of nitrogens with zero attached hydrogens (tertiary/aromatic N) is 3. The maximum atomic E-state index is 11.5. The first-order valence-corrected chi connectivity index (χ1v) is 5.68. The van der Waals surface area contributed by atoms with E-state index in [0.29, 0.717) is 6.54 Å². The lowest BCUT2D eigenvalue weighted by atomic mass is 10.4. The Kier molecular flexibility index (Phi) is 3.25. The Bertz CT molecular complexity index is 464. The average Bonchev–Trinajstić information content (AvgIpc) is 2.96. The smallest absolute Gasteiger partial charge is 0.288 e. The molecule has 0 atom stereocenters. The van der Waals surface area contributed by atoms with Gasteiger partial charge in [-0.25, -0.2) is 9.97 Å². The number of nitrogens with one attached hydrogen (secondary N) is 2.